The standard InChI is InChI=1S/C20H26BrN3O/c1-14-11-16(21)12-19-18(14)13-22-24(19)17-7-9-23(10-8-17)20(25)15-5-3-2-4-6-15/h11-13,15,17H,2-10H2,1H3. The molecule has 2 heterocycles. The Kier molecular flexibility index (Phi) is 4.85. The second kappa shape index (κ2) is 7.10. The normalized spacial score (nSPS) is 20.3. The molecule has 4 nitrogen and oxygen atoms in total. The summed E-state index contributed by atoms with van der Waals surface area (Å²) in [6.07, 6.45) is 9.91. The first-order valence-electron chi connectivity index (χ1n) is 9.55. The van der Waals surface area contributed by atoms with E-state index in [0.29, 0.717) is 11.9 Å². The molecule has 1 aromatic carbocycles. The summed E-state index contributed by atoms with van der Waals surface area (Å²) in [6, 6.07) is 4.69. The van der Waals surface area contributed by atoms with Crippen molar-refractivity contribution in [3.63, 3.8) is 0 Å². The first-order chi connectivity index (χ1) is 12.1. The molecule has 0 bridgehead atoms. The summed E-state index contributed by atoms with van der Waals surface area (Å²) in [5.74, 6) is 0.691. The van der Waals surface area contributed by atoms with Crippen LogP contribution in [0.25, 0.3) is 10.9 Å². The number of amides is 1. The number of benzene rings is 1. The van der Waals surface area contributed by atoms with Crippen LogP contribution in [0.4, 0.5) is 0 Å². The topological polar surface area (TPSA) is 38.1 Å². The average molecular weight is 404 g/mol. The predicted octanol–water partition coefficient (Wildman–Crippen LogP) is 4.85. The van der Waals surface area contributed by atoms with Crippen LogP contribution in [0.2, 0.25) is 0 Å². The Morgan fingerprint density at radius 2 is 1.84 bits per heavy atom. The van der Waals surface area contributed by atoms with Gasteiger partial charge in [-0.1, -0.05) is 35.2 Å². The number of aryl methyl sites for hydroxylation is 1. The fourth-order valence-electron chi connectivity index (χ4n) is 4.51. The Bertz CT molecular complexity index is 771. The van der Waals surface area contributed by atoms with E-state index in [4.69, 9.17) is 0 Å². The summed E-state index contributed by atoms with van der Waals surface area (Å²) >= 11 is 3.60. The van der Waals surface area contributed by atoms with Gasteiger partial charge in [0.2, 0.25) is 5.91 Å². The third kappa shape index (κ3) is 3.35. The highest BCUT2D eigenvalue weighted by atomic mass is 79.9. The molecular formula is C20H26BrN3O. The molecule has 1 aliphatic heterocycles. The lowest BCUT2D eigenvalue weighted by atomic mass is 9.87. The number of fused-ring (bicyclic) bond motifs is 1. The first kappa shape index (κ1) is 17.1. The second-order valence-electron chi connectivity index (χ2n) is 7.64. The van der Waals surface area contributed by atoms with E-state index in [-0.39, 0.29) is 5.92 Å². The number of nitrogens with zero attached hydrogens (tertiary/aromatic N) is 3. The number of hydrogen-bond donors (Lipinski definition) is 0. The molecule has 1 saturated carbocycles. The number of carbonyl (C=O) groups excluding carboxylic acids is 1. The molecule has 1 amide bonds. The Morgan fingerprint density at radius 1 is 1.12 bits per heavy atom. The van der Waals surface area contributed by atoms with Gasteiger partial charge in [-0.05, 0) is 50.3 Å². The van der Waals surface area contributed by atoms with E-state index in [9.17, 15) is 4.79 Å². The van der Waals surface area contributed by atoms with Crippen LogP contribution in [0.5, 0.6) is 0 Å². The van der Waals surface area contributed by atoms with Gasteiger partial charge in [0.1, 0.15) is 0 Å². The monoisotopic (exact) mass is 403 g/mol. The smallest absolute Gasteiger partial charge is 0.225 e. The fourth-order valence-corrected chi connectivity index (χ4v) is 5.07. The van der Waals surface area contributed by atoms with Gasteiger partial charge in [0.25, 0.3) is 0 Å². The highest BCUT2D eigenvalue weighted by Gasteiger charge is 2.30. The van der Waals surface area contributed by atoms with Gasteiger partial charge >= 0.3 is 0 Å². The maximum absolute atomic E-state index is 12.7. The molecule has 0 atom stereocenters. The molecule has 2 fully saturated rings. The molecule has 1 aliphatic carbocycles. The van der Waals surface area contributed by atoms with Crippen LogP contribution in [0.15, 0.2) is 22.8 Å². The number of carbonyl (C=O) groups is 1. The third-order valence-electron chi connectivity index (χ3n) is 5.96. The van der Waals surface area contributed by atoms with Crippen LogP contribution < -0.4 is 0 Å². The van der Waals surface area contributed by atoms with Crippen LogP contribution >= 0.6 is 15.9 Å². The molecule has 0 radical (unpaired) electrons. The summed E-state index contributed by atoms with van der Waals surface area (Å²) < 4.78 is 3.28. The molecule has 2 aliphatic rings. The maximum atomic E-state index is 12.7. The molecular weight excluding hydrogens is 378 g/mol. The van der Waals surface area contributed by atoms with Gasteiger partial charge < -0.3 is 4.90 Å². The molecule has 0 unspecified atom stereocenters. The maximum Gasteiger partial charge on any atom is 0.225 e. The van der Waals surface area contributed by atoms with Crippen molar-refractivity contribution in [2.24, 2.45) is 5.92 Å². The van der Waals surface area contributed by atoms with Crippen LogP contribution in [0.1, 0.15) is 56.6 Å². The molecule has 1 aromatic heterocycles. The highest BCUT2D eigenvalue weighted by Crippen LogP contribution is 2.31. The summed E-state index contributed by atoms with van der Waals surface area (Å²) in [6.45, 7) is 3.87. The number of aromatic nitrogens is 2. The van der Waals surface area contributed by atoms with Crippen LogP contribution in [0, 0.1) is 12.8 Å². The zero-order valence-corrected chi connectivity index (χ0v) is 16.5. The summed E-state index contributed by atoms with van der Waals surface area (Å²) in [5, 5.41) is 5.90. The van der Waals surface area contributed by atoms with E-state index >= 15 is 0 Å². The number of hydrogen-bond acceptors (Lipinski definition) is 2. The zero-order chi connectivity index (χ0) is 17.4. The highest BCUT2D eigenvalue weighted by molar-refractivity contribution is 9.10. The Morgan fingerprint density at radius 3 is 2.56 bits per heavy atom. The number of likely N-dealkylation sites (tertiary alicyclic amines) is 1. The summed E-state index contributed by atoms with van der Waals surface area (Å²) in [7, 11) is 0. The van der Waals surface area contributed by atoms with Crippen molar-refractivity contribution in [2.45, 2.75) is 57.9 Å². The van der Waals surface area contributed by atoms with Crippen LogP contribution in [0.3, 0.4) is 0 Å². The van der Waals surface area contributed by atoms with Crippen molar-refractivity contribution in [2.75, 3.05) is 13.1 Å². The van der Waals surface area contributed by atoms with Crippen molar-refractivity contribution in [1.82, 2.24) is 14.7 Å². The second-order valence-corrected chi connectivity index (χ2v) is 8.55. The number of rotatable bonds is 2. The largest absolute Gasteiger partial charge is 0.342 e. The molecule has 134 valence electrons. The van der Waals surface area contributed by atoms with E-state index in [1.54, 1.807) is 0 Å². The Hall–Kier alpha value is -1.36. The van der Waals surface area contributed by atoms with Gasteiger partial charge in [0, 0.05) is 28.9 Å². The molecule has 1 saturated heterocycles. The first-order valence-corrected chi connectivity index (χ1v) is 10.3. The minimum atomic E-state index is 0.287. The van der Waals surface area contributed by atoms with Crippen molar-refractivity contribution < 1.29 is 4.79 Å². The molecule has 0 spiro atoms. The van der Waals surface area contributed by atoms with Gasteiger partial charge in [0.05, 0.1) is 17.8 Å². The Labute approximate surface area is 157 Å². The molecule has 25 heavy (non-hydrogen) atoms. The van der Waals surface area contributed by atoms with Crippen molar-refractivity contribution >= 4 is 32.7 Å². The Balaban J connectivity index is 1.46. The lowest BCUT2D eigenvalue weighted by Crippen LogP contribution is -2.42. The number of halogens is 1. The van der Waals surface area contributed by atoms with Gasteiger partial charge in [-0.2, -0.15) is 5.10 Å². The number of piperidine rings is 1. The molecule has 4 rings (SSSR count). The van der Waals surface area contributed by atoms with E-state index in [2.05, 4.69) is 49.7 Å². The summed E-state index contributed by atoms with van der Waals surface area (Å²) in [5.41, 5.74) is 2.45. The van der Waals surface area contributed by atoms with Gasteiger partial charge in [-0.15, -0.1) is 0 Å². The van der Waals surface area contributed by atoms with Crippen molar-refractivity contribution in [3.05, 3.63) is 28.4 Å². The van der Waals surface area contributed by atoms with Gasteiger partial charge in [-0.3, -0.25) is 9.48 Å². The minimum Gasteiger partial charge on any atom is -0.342 e. The van der Waals surface area contributed by atoms with Crippen LogP contribution in [-0.4, -0.2) is 33.7 Å². The van der Waals surface area contributed by atoms with E-state index in [0.717, 1.165) is 43.2 Å². The third-order valence-corrected chi connectivity index (χ3v) is 6.42. The van der Waals surface area contributed by atoms with Crippen molar-refractivity contribution in [3.8, 4) is 0 Å². The SMILES string of the molecule is Cc1cc(Br)cc2c1cnn2C1CCN(C(=O)C2CCCCC2)CC1. The molecule has 0 N–H and O–H groups in total. The molecule has 2 aromatic rings. The zero-order valence-electron chi connectivity index (χ0n) is 14.9. The van der Waals surface area contributed by atoms with E-state index in [1.165, 1.54) is 35.7 Å². The average Bonchev–Trinajstić information content (AvgIpc) is 3.06. The van der Waals surface area contributed by atoms with Gasteiger partial charge in [-0.25, -0.2) is 0 Å². The minimum absolute atomic E-state index is 0.287. The van der Waals surface area contributed by atoms with Crippen molar-refractivity contribution in [1.29, 1.82) is 0 Å². The quantitative estimate of drug-likeness (QED) is 0.718. The van der Waals surface area contributed by atoms with Gasteiger partial charge in [0.15, 0.2) is 0 Å². The summed E-state index contributed by atoms with van der Waals surface area (Å²) in [4.78, 5) is 14.9. The lowest BCUT2D eigenvalue weighted by Gasteiger charge is -2.35. The predicted molar refractivity (Wildman–Crippen MR) is 104 cm³/mol. The fraction of sp³-hybridized carbons (Fsp3) is 0.600. The van der Waals surface area contributed by atoms with E-state index < -0.39 is 0 Å². The molecule has 5 heteroatoms. The lowest BCUT2D eigenvalue weighted by molar-refractivity contribution is -0.137. The van der Waals surface area contributed by atoms with Crippen LogP contribution in [-0.2, 0) is 4.79 Å². The van der Waals surface area contributed by atoms with E-state index in [1.807, 2.05) is 6.20 Å².